The maximum absolute atomic E-state index is 9.99. The van der Waals surface area contributed by atoms with Crippen molar-refractivity contribution < 1.29 is 21.9 Å². The van der Waals surface area contributed by atoms with E-state index in [2.05, 4.69) is 8.37 Å². The molecule has 0 radical (unpaired) electrons. The van der Waals surface area contributed by atoms with Gasteiger partial charge in [0.05, 0.1) is 7.11 Å². The molecule has 0 aliphatic heterocycles. The highest BCUT2D eigenvalue weighted by atomic mass is 32.3. The minimum Gasteiger partial charge on any atom is -0.369 e. The summed E-state index contributed by atoms with van der Waals surface area (Å²) in [7, 11) is -2.98. The highest BCUT2D eigenvalue weighted by Gasteiger charge is 2.05. The van der Waals surface area contributed by atoms with Crippen LogP contribution in [0.5, 0.6) is 0 Å². The number of hydrogen-bond donors (Lipinski definition) is 1. The Morgan fingerprint density at radius 3 is 2.25 bits per heavy atom. The maximum Gasteiger partial charge on any atom is 0.401 e. The predicted octanol–water partition coefficient (Wildman–Crippen LogP) is -1.16. The summed E-state index contributed by atoms with van der Waals surface area (Å²) in [5.74, 6) is 0. The van der Waals surface area contributed by atoms with E-state index in [0.717, 1.165) is 7.11 Å². The fraction of sp³-hybridized carbons (Fsp3) is 1.00. The third kappa shape index (κ3) is 2.92. The molecule has 0 aliphatic rings. The van der Waals surface area contributed by atoms with Gasteiger partial charge in [-0.05, 0) is 0 Å². The molecule has 0 aromatic rings. The van der Waals surface area contributed by atoms with E-state index in [0.29, 0.717) is 0 Å². The summed E-state index contributed by atoms with van der Waals surface area (Å²) in [6.45, 7) is -0.893. The van der Waals surface area contributed by atoms with Crippen LogP contribution < -0.4 is 0 Å². The molecule has 0 amide bonds. The summed E-state index contributed by atoms with van der Waals surface area (Å²) < 4.78 is 27.4. The van der Waals surface area contributed by atoms with Gasteiger partial charge in [-0.1, -0.05) is 0 Å². The maximum atomic E-state index is 9.99. The fourth-order valence-corrected chi connectivity index (χ4v) is 0.338. The lowest BCUT2D eigenvalue weighted by Gasteiger charge is -1.95. The van der Waals surface area contributed by atoms with Crippen molar-refractivity contribution in [1.29, 1.82) is 0 Å². The molecule has 5 nitrogen and oxygen atoms in total. The Balaban J connectivity index is 3.76. The van der Waals surface area contributed by atoms with Crippen molar-refractivity contribution in [2.24, 2.45) is 0 Å². The van der Waals surface area contributed by atoms with E-state index in [4.69, 9.17) is 5.11 Å². The quantitative estimate of drug-likeness (QED) is 0.503. The van der Waals surface area contributed by atoms with E-state index in [9.17, 15) is 8.42 Å². The second-order valence-corrected chi connectivity index (χ2v) is 2.21. The first-order valence-corrected chi connectivity index (χ1v) is 3.01. The first kappa shape index (κ1) is 7.83. The van der Waals surface area contributed by atoms with E-state index in [1.807, 2.05) is 0 Å². The molecule has 0 saturated heterocycles. The summed E-state index contributed by atoms with van der Waals surface area (Å²) in [6, 6.07) is 0. The van der Waals surface area contributed by atoms with Gasteiger partial charge in [-0.15, -0.1) is 0 Å². The lowest BCUT2D eigenvalue weighted by molar-refractivity contribution is 0.0875. The Labute approximate surface area is 47.2 Å². The minimum absolute atomic E-state index is 0.893. The van der Waals surface area contributed by atoms with E-state index in [-0.39, 0.29) is 0 Å². The molecule has 0 spiro atoms. The van der Waals surface area contributed by atoms with Crippen molar-refractivity contribution in [3.8, 4) is 0 Å². The predicted molar refractivity (Wildman–Crippen MR) is 24.1 cm³/mol. The Hall–Kier alpha value is -0.170. The van der Waals surface area contributed by atoms with Crippen LogP contribution in [0.2, 0.25) is 0 Å². The van der Waals surface area contributed by atoms with Gasteiger partial charge in [0.25, 0.3) is 0 Å². The summed E-state index contributed by atoms with van der Waals surface area (Å²) >= 11 is 0. The van der Waals surface area contributed by atoms with E-state index in [1.54, 1.807) is 0 Å². The molecule has 50 valence electrons. The summed E-state index contributed by atoms with van der Waals surface area (Å²) in [5.41, 5.74) is 0. The smallest absolute Gasteiger partial charge is 0.369 e. The lowest BCUT2D eigenvalue weighted by Crippen LogP contribution is -2.07. The molecule has 0 fully saturated rings. The molecule has 0 aliphatic carbocycles. The van der Waals surface area contributed by atoms with Gasteiger partial charge in [-0.3, -0.25) is 4.18 Å². The monoisotopic (exact) mass is 142 g/mol. The van der Waals surface area contributed by atoms with Crippen molar-refractivity contribution in [2.75, 3.05) is 13.9 Å². The third-order valence-electron chi connectivity index (χ3n) is 0.401. The fourth-order valence-electron chi connectivity index (χ4n) is 0.113. The zero-order chi connectivity index (χ0) is 6.62. The molecule has 0 saturated carbocycles. The van der Waals surface area contributed by atoms with Gasteiger partial charge in [0.2, 0.25) is 0 Å². The van der Waals surface area contributed by atoms with Gasteiger partial charge in [0, 0.05) is 0 Å². The highest BCUT2D eigenvalue weighted by molar-refractivity contribution is 7.81. The molecule has 0 atom stereocenters. The van der Waals surface area contributed by atoms with Crippen LogP contribution in [0.1, 0.15) is 0 Å². The van der Waals surface area contributed by atoms with Crippen LogP contribution in [-0.2, 0) is 18.8 Å². The number of aliphatic hydroxyl groups is 1. The average molecular weight is 142 g/mol. The Kier molecular flexibility index (Phi) is 2.91. The molecule has 0 aromatic heterocycles. The standard InChI is InChI=1S/C2H6O5S/c1-6-8(4,5)7-2-3/h3H,2H2,1H3. The highest BCUT2D eigenvalue weighted by Crippen LogP contribution is 1.88. The second-order valence-electron chi connectivity index (χ2n) is 0.822. The van der Waals surface area contributed by atoms with Gasteiger partial charge >= 0.3 is 10.4 Å². The normalized spacial score (nSPS) is 11.8. The first-order valence-electron chi connectivity index (χ1n) is 1.68. The van der Waals surface area contributed by atoms with E-state index < -0.39 is 17.2 Å². The average Bonchev–Trinajstić information content (AvgIpc) is 1.67. The number of aliphatic hydroxyl groups excluding tert-OH is 1. The van der Waals surface area contributed by atoms with Crippen molar-refractivity contribution in [3.63, 3.8) is 0 Å². The van der Waals surface area contributed by atoms with Crippen LogP contribution in [0.3, 0.4) is 0 Å². The molecule has 0 bridgehead atoms. The Morgan fingerprint density at radius 1 is 1.62 bits per heavy atom. The van der Waals surface area contributed by atoms with Gasteiger partial charge in [0.15, 0.2) is 6.79 Å². The van der Waals surface area contributed by atoms with Gasteiger partial charge in [0.1, 0.15) is 0 Å². The van der Waals surface area contributed by atoms with Crippen LogP contribution in [0.15, 0.2) is 0 Å². The molecule has 8 heavy (non-hydrogen) atoms. The summed E-state index contributed by atoms with van der Waals surface area (Å²) in [4.78, 5) is 0. The van der Waals surface area contributed by atoms with Crippen molar-refractivity contribution in [3.05, 3.63) is 0 Å². The number of rotatable bonds is 3. The minimum atomic E-state index is -3.92. The van der Waals surface area contributed by atoms with Crippen molar-refractivity contribution >= 4 is 10.4 Å². The molecule has 6 heteroatoms. The van der Waals surface area contributed by atoms with E-state index >= 15 is 0 Å². The Bertz CT molecular complexity index is 135. The molecule has 0 unspecified atom stereocenters. The number of hydrogen-bond acceptors (Lipinski definition) is 5. The van der Waals surface area contributed by atoms with Crippen LogP contribution >= 0.6 is 0 Å². The third-order valence-corrected chi connectivity index (χ3v) is 1.20. The van der Waals surface area contributed by atoms with Gasteiger partial charge in [-0.25, -0.2) is 4.18 Å². The largest absolute Gasteiger partial charge is 0.401 e. The Morgan fingerprint density at radius 2 is 2.12 bits per heavy atom. The summed E-state index contributed by atoms with van der Waals surface area (Å²) in [5, 5.41) is 7.85. The molecule has 0 heterocycles. The van der Waals surface area contributed by atoms with Crippen LogP contribution in [0, 0.1) is 0 Å². The molecular weight excluding hydrogens is 136 g/mol. The second kappa shape index (κ2) is 2.98. The van der Waals surface area contributed by atoms with Gasteiger partial charge < -0.3 is 5.11 Å². The van der Waals surface area contributed by atoms with Crippen molar-refractivity contribution in [2.45, 2.75) is 0 Å². The van der Waals surface area contributed by atoms with E-state index in [1.165, 1.54) is 0 Å². The topological polar surface area (TPSA) is 72.8 Å². The molecule has 1 N–H and O–H groups in total. The lowest BCUT2D eigenvalue weighted by atomic mass is 11.6. The SMILES string of the molecule is COS(=O)(=O)OCO. The van der Waals surface area contributed by atoms with Gasteiger partial charge in [-0.2, -0.15) is 8.42 Å². The molecular formula is C2H6O5S. The van der Waals surface area contributed by atoms with Crippen LogP contribution in [0.4, 0.5) is 0 Å². The van der Waals surface area contributed by atoms with Crippen LogP contribution in [0.25, 0.3) is 0 Å². The molecule has 0 rings (SSSR count). The van der Waals surface area contributed by atoms with Crippen molar-refractivity contribution in [1.82, 2.24) is 0 Å². The van der Waals surface area contributed by atoms with Crippen LogP contribution in [-0.4, -0.2) is 27.4 Å². The first-order chi connectivity index (χ1) is 3.62. The zero-order valence-electron chi connectivity index (χ0n) is 4.20. The summed E-state index contributed by atoms with van der Waals surface area (Å²) in [6.07, 6.45) is 0. The molecule has 0 aromatic carbocycles. The zero-order valence-corrected chi connectivity index (χ0v) is 5.01.